The van der Waals surface area contributed by atoms with Crippen LogP contribution >= 0.6 is 15.9 Å². The van der Waals surface area contributed by atoms with E-state index in [0.29, 0.717) is 13.2 Å². The quantitative estimate of drug-likeness (QED) is 0.676. The molecule has 0 aliphatic heterocycles. The SMILES string of the molecule is COCC(COC1(CBr)CCCCC1)OC. The van der Waals surface area contributed by atoms with Gasteiger partial charge in [-0.15, -0.1) is 0 Å². The molecule has 1 saturated carbocycles. The summed E-state index contributed by atoms with van der Waals surface area (Å²) in [5.41, 5.74) is 0.0305. The molecule has 0 amide bonds. The van der Waals surface area contributed by atoms with Crippen molar-refractivity contribution in [1.29, 1.82) is 0 Å². The lowest BCUT2D eigenvalue weighted by Gasteiger charge is -2.36. The van der Waals surface area contributed by atoms with Crippen LogP contribution in [0.2, 0.25) is 0 Å². The minimum absolute atomic E-state index is 0.0305. The second-order valence-electron chi connectivity index (χ2n) is 4.50. The first-order valence-corrected chi connectivity index (χ1v) is 7.10. The maximum absolute atomic E-state index is 6.07. The molecule has 0 N–H and O–H groups in total. The van der Waals surface area contributed by atoms with Crippen LogP contribution in [0, 0.1) is 0 Å². The predicted octanol–water partition coefficient (Wildman–Crippen LogP) is 2.76. The van der Waals surface area contributed by atoms with Crippen LogP contribution < -0.4 is 0 Å². The fourth-order valence-corrected chi connectivity index (χ4v) is 2.88. The smallest absolute Gasteiger partial charge is 0.104 e. The molecule has 4 heteroatoms. The second kappa shape index (κ2) is 7.64. The molecule has 0 saturated heterocycles. The molecule has 0 aromatic rings. The van der Waals surface area contributed by atoms with Crippen molar-refractivity contribution in [3.63, 3.8) is 0 Å². The Bertz CT molecular complexity index is 181. The minimum Gasteiger partial charge on any atom is -0.382 e. The van der Waals surface area contributed by atoms with Gasteiger partial charge in [-0.1, -0.05) is 35.2 Å². The molecule has 1 aliphatic rings. The molecule has 96 valence electrons. The van der Waals surface area contributed by atoms with E-state index >= 15 is 0 Å². The van der Waals surface area contributed by atoms with Crippen LogP contribution in [-0.2, 0) is 14.2 Å². The molecule has 1 rings (SSSR count). The molecule has 0 spiro atoms. The monoisotopic (exact) mass is 294 g/mol. The molecular formula is C12H23BrO3. The van der Waals surface area contributed by atoms with Crippen LogP contribution in [0.15, 0.2) is 0 Å². The predicted molar refractivity (Wildman–Crippen MR) is 68.2 cm³/mol. The molecule has 1 fully saturated rings. The summed E-state index contributed by atoms with van der Waals surface area (Å²) in [6, 6.07) is 0. The van der Waals surface area contributed by atoms with Crippen molar-refractivity contribution in [2.45, 2.75) is 43.8 Å². The Labute approximate surface area is 107 Å². The Morgan fingerprint density at radius 3 is 2.31 bits per heavy atom. The zero-order valence-electron chi connectivity index (χ0n) is 10.3. The van der Waals surface area contributed by atoms with Crippen molar-refractivity contribution in [3.8, 4) is 0 Å². The van der Waals surface area contributed by atoms with E-state index in [9.17, 15) is 0 Å². The third-order valence-electron chi connectivity index (χ3n) is 3.27. The number of hydrogen-bond acceptors (Lipinski definition) is 3. The van der Waals surface area contributed by atoms with E-state index in [4.69, 9.17) is 14.2 Å². The van der Waals surface area contributed by atoms with Crippen LogP contribution in [0.4, 0.5) is 0 Å². The van der Waals surface area contributed by atoms with Crippen molar-refractivity contribution >= 4 is 15.9 Å². The molecule has 3 nitrogen and oxygen atoms in total. The molecule has 1 atom stereocenters. The average Bonchev–Trinajstić information content (AvgIpc) is 2.35. The maximum Gasteiger partial charge on any atom is 0.104 e. The van der Waals surface area contributed by atoms with Crippen LogP contribution in [0.25, 0.3) is 0 Å². The maximum atomic E-state index is 6.07. The van der Waals surface area contributed by atoms with Gasteiger partial charge in [0.25, 0.3) is 0 Å². The second-order valence-corrected chi connectivity index (χ2v) is 5.06. The highest BCUT2D eigenvalue weighted by molar-refractivity contribution is 9.09. The highest BCUT2D eigenvalue weighted by Gasteiger charge is 2.32. The van der Waals surface area contributed by atoms with Crippen molar-refractivity contribution in [2.75, 3.05) is 32.8 Å². The van der Waals surface area contributed by atoms with Gasteiger partial charge in [-0.3, -0.25) is 0 Å². The highest BCUT2D eigenvalue weighted by atomic mass is 79.9. The third kappa shape index (κ3) is 4.32. The van der Waals surface area contributed by atoms with Crippen molar-refractivity contribution < 1.29 is 14.2 Å². The van der Waals surface area contributed by atoms with Gasteiger partial charge in [-0.05, 0) is 12.8 Å². The first-order chi connectivity index (χ1) is 7.76. The van der Waals surface area contributed by atoms with E-state index in [1.807, 2.05) is 0 Å². The van der Waals surface area contributed by atoms with Crippen LogP contribution in [0.5, 0.6) is 0 Å². The van der Waals surface area contributed by atoms with Crippen molar-refractivity contribution in [1.82, 2.24) is 0 Å². The van der Waals surface area contributed by atoms with Crippen LogP contribution in [0.1, 0.15) is 32.1 Å². The summed E-state index contributed by atoms with van der Waals surface area (Å²) in [6.07, 6.45) is 6.23. The number of methoxy groups -OCH3 is 2. The van der Waals surface area contributed by atoms with Gasteiger partial charge in [0, 0.05) is 19.5 Å². The summed E-state index contributed by atoms with van der Waals surface area (Å²) >= 11 is 3.58. The summed E-state index contributed by atoms with van der Waals surface area (Å²) in [5.74, 6) is 0. The van der Waals surface area contributed by atoms with Gasteiger partial charge in [0.05, 0.1) is 18.8 Å². The van der Waals surface area contributed by atoms with E-state index in [1.165, 1.54) is 19.3 Å². The Kier molecular flexibility index (Phi) is 6.89. The van der Waals surface area contributed by atoms with Gasteiger partial charge in [0.1, 0.15) is 6.10 Å². The molecule has 0 heterocycles. The zero-order chi connectivity index (χ0) is 11.9. The van der Waals surface area contributed by atoms with Gasteiger partial charge in [0.15, 0.2) is 0 Å². The first kappa shape index (κ1) is 14.4. The summed E-state index contributed by atoms with van der Waals surface area (Å²) in [7, 11) is 3.39. The summed E-state index contributed by atoms with van der Waals surface area (Å²) in [4.78, 5) is 0. The van der Waals surface area contributed by atoms with Crippen LogP contribution in [0.3, 0.4) is 0 Å². The number of hydrogen-bond donors (Lipinski definition) is 0. The third-order valence-corrected chi connectivity index (χ3v) is 4.29. The Morgan fingerprint density at radius 2 is 1.81 bits per heavy atom. The summed E-state index contributed by atoms with van der Waals surface area (Å²) in [6.45, 7) is 1.21. The Balaban J connectivity index is 2.36. The zero-order valence-corrected chi connectivity index (χ0v) is 11.9. The number of alkyl halides is 1. The normalized spacial score (nSPS) is 21.9. The molecule has 0 aromatic heterocycles. The van der Waals surface area contributed by atoms with E-state index < -0.39 is 0 Å². The van der Waals surface area contributed by atoms with E-state index in [-0.39, 0.29) is 11.7 Å². The topological polar surface area (TPSA) is 27.7 Å². The molecule has 0 aromatic carbocycles. The van der Waals surface area contributed by atoms with Crippen molar-refractivity contribution in [3.05, 3.63) is 0 Å². The fraction of sp³-hybridized carbons (Fsp3) is 1.00. The number of rotatable bonds is 7. The first-order valence-electron chi connectivity index (χ1n) is 5.98. The average molecular weight is 295 g/mol. The van der Waals surface area contributed by atoms with Gasteiger partial charge in [-0.2, -0.15) is 0 Å². The Morgan fingerprint density at radius 1 is 1.12 bits per heavy atom. The summed E-state index contributed by atoms with van der Waals surface area (Å²) < 4.78 is 16.5. The van der Waals surface area contributed by atoms with Crippen molar-refractivity contribution in [2.24, 2.45) is 0 Å². The molecule has 0 radical (unpaired) electrons. The van der Waals surface area contributed by atoms with E-state index in [2.05, 4.69) is 15.9 Å². The molecule has 1 aliphatic carbocycles. The Hall–Kier alpha value is 0.360. The van der Waals surface area contributed by atoms with Gasteiger partial charge in [-0.25, -0.2) is 0 Å². The summed E-state index contributed by atoms with van der Waals surface area (Å²) in [5, 5.41) is 0.920. The fourth-order valence-electron chi connectivity index (χ4n) is 2.15. The minimum atomic E-state index is 0.0305. The lowest BCUT2D eigenvalue weighted by Crippen LogP contribution is -2.40. The van der Waals surface area contributed by atoms with Gasteiger partial charge >= 0.3 is 0 Å². The van der Waals surface area contributed by atoms with Gasteiger partial charge < -0.3 is 14.2 Å². The highest BCUT2D eigenvalue weighted by Crippen LogP contribution is 2.33. The number of ether oxygens (including phenoxy) is 3. The number of halogens is 1. The largest absolute Gasteiger partial charge is 0.382 e. The molecular weight excluding hydrogens is 272 g/mol. The van der Waals surface area contributed by atoms with Crippen LogP contribution in [-0.4, -0.2) is 44.5 Å². The van der Waals surface area contributed by atoms with Gasteiger partial charge in [0.2, 0.25) is 0 Å². The molecule has 16 heavy (non-hydrogen) atoms. The molecule has 1 unspecified atom stereocenters. The lowest BCUT2D eigenvalue weighted by atomic mass is 9.86. The van der Waals surface area contributed by atoms with E-state index in [1.54, 1.807) is 14.2 Å². The molecule has 0 bridgehead atoms. The standard InChI is InChI=1S/C12H23BrO3/c1-14-8-11(15-2)9-16-12(10-13)6-4-3-5-7-12/h11H,3-10H2,1-2H3. The van der Waals surface area contributed by atoms with E-state index in [0.717, 1.165) is 18.2 Å². The lowest BCUT2D eigenvalue weighted by molar-refractivity contribution is -0.104.